The average Bonchev–Trinajstić information content (AvgIpc) is 2.72. The van der Waals surface area contributed by atoms with Gasteiger partial charge in [0.05, 0.1) is 18.4 Å². The Morgan fingerprint density at radius 3 is 2.68 bits per heavy atom. The van der Waals surface area contributed by atoms with Crippen LogP contribution in [-0.2, 0) is 19.1 Å². The number of nitrogens with zero attached hydrogens (tertiary/aromatic N) is 1. The second kappa shape index (κ2) is 7.27. The molecule has 3 atom stereocenters. The van der Waals surface area contributed by atoms with Gasteiger partial charge in [-0.15, -0.1) is 0 Å². The van der Waals surface area contributed by atoms with Crippen molar-refractivity contribution in [1.82, 2.24) is 4.90 Å². The number of hydrogen-bond acceptors (Lipinski definition) is 4. The van der Waals surface area contributed by atoms with Gasteiger partial charge in [0.2, 0.25) is 11.8 Å². The summed E-state index contributed by atoms with van der Waals surface area (Å²) in [7, 11) is 0. The summed E-state index contributed by atoms with van der Waals surface area (Å²) in [6, 6.07) is -0.802. The second-order valence-corrected chi connectivity index (χ2v) is 6.25. The van der Waals surface area contributed by atoms with E-state index in [0.29, 0.717) is 24.3 Å². The highest BCUT2D eigenvalue weighted by molar-refractivity contribution is 6.30. The summed E-state index contributed by atoms with van der Waals surface area (Å²) in [5.74, 6) is -1.84. The molecule has 2 rings (SSSR count). The lowest BCUT2D eigenvalue weighted by atomic mass is 9.85. The Labute approximate surface area is 135 Å². The molecule has 0 aromatic heterocycles. The van der Waals surface area contributed by atoms with Gasteiger partial charge in [-0.1, -0.05) is 37.4 Å². The first-order valence-corrected chi connectivity index (χ1v) is 8.27. The van der Waals surface area contributed by atoms with E-state index in [4.69, 9.17) is 16.3 Å². The van der Waals surface area contributed by atoms with Crippen molar-refractivity contribution < 1.29 is 19.1 Å². The summed E-state index contributed by atoms with van der Waals surface area (Å²) in [5.41, 5.74) is 0. The maximum atomic E-state index is 12.6. The van der Waals surface area contributed by atoms with Crippen LogP contribution in [0.25, 0.3) is 0 Å². The molecule has 0 aromatic rings. The van der Waals surface area contributed by atoms with E-state index in [9.17, 15) is 14.4 Å². The number of imide groups is 1. The van der Waals surface area contributed by atoms with Crippen LogP contribution in [0.2, 0.25) is 0 Å². The SMILES string of the molecule is CCCC[C@H](C(=O)OCC)N1C(=O)[C@H]2CC=C(Cl)C[C@@H]2C1=O. The van der Waals surface area contributed by atoms with Crippen molar-refractivity contribution >= 4 is 29.4 Å². The summed E-state index contributed by atoms with van der Waals surface area (Å²) >= 11 is 6.01. The van der Waals surface area contributed by atoms with Gasteiger partial charge in [-0.2, -0.15) is 0 Å². The van der Waals surface area contributed by atoms with Gasteiger partial charge in [-0.3, -0.25) is 14.5 Å². The smallest absolute Gasteiger partial charge is 0.329 e. The summed E-state index contributed by atoms with van der Waals surface area (Å²) in [4.78, 5) is 38.6. The first-order valence-electron chi connectivity index (χ1n) is 7.89. The van der Waals surface area contributed by atoms with Crippen LogP contribution in [0.15, 0.2) is 11.1 Å². The number of fused-ring (bicyclic) bond motifs is 1. The molecule has 0 aromatic carbocycles. The van der Waals surface area contributed by atoms with Crippen molar-refractivity contribution in [3.63, 3.8) is 0 Å². The maximum Gasteiger partial charge on any atom is 0.329 e. The normalized spacial score (nSPS) is 25.8. The number of hydrogen-bond donors (Lipinski definition) is 0. The molecule has 5 nitrogen and oxygen atoms in total. The number of likely N-dealkylation sites (tertiary alicyclic amines) is 1. The highest BCUT2D eigenvalue weighted by Gasteiger charge is 2.52. The minimum absolute atomic E-state index is 0.234. The van der Waals surface area contributed by atoms with E-state index in [1.54, 1.807) is 13.0 Å². The molecule has 122 valence electrons. The number of carbonyl (C=O) groups is 3. The first-order chi connectivity index (χ1) is 10.5. The van der Waals surface area contributed by atoms with Gasteiger partial charge in [-0.25, -0.2) is 4.79 Å². The fourth-order valence-electron chi connectivity index (χ4n) is 3.15. The van der Waals surface area contributed by atoms with E-state index in [2.05, 4.69) is 0 Å². The van der Waals surface area contributed by atoms with E-state index in [1.165, 1.54) is 0 Å². The highest BCUT2D eigenvalue weighted by atomic mass is 35.5. The zero-order valence-corrected chi connectivity index (χ0v) is 13.8. The van der Waals surface area contributed by atoms with Gasteiger partial charge >= 0.3 is 5.97 Å². The van der Waals surface area contributed by atoms with E-state index < -0.39 is 17.9 Å². The summed E-state index contributed by atoms with van der Waals surface area (Å²) in [5, 5.41) is 0.616. The number of esters is 1. The maximum absolute atomic E-state index is 12.6. The molecule has 0 unspecified atom stereocenters. The third-order valence-electron chi connectivity index (χ3n) is 4.30. The molecule has 22 heavy (non-hydrogen) atoms. The van der Waals surface area contributed by atoms with E-state index in [-0.39, 0.29) is 24.3 Å². The number of unbranched alkanes of at least 4 members (excludes halogenated alkanes) is 1. The number of rotatable bonds is 6. The predicted octanol–water partition coefficient (Wildman–Crippen LogP) is 2.63. The van der Waals surface area contributed by atoms with Crippen LogP contribution >= 0.6 is 11.6 Å². The molecular formula is C16H22ClNO4. The van der Waals surface area contributed by atoms with Crippen LogP contribution in [0.5, 0.6) is 0 Å². The monoisotopic (exact) mass is 327 g/mol. The predicted molar refractivity (Wildman–Crippen MR) is 81.9 cm³/mol. The quantitative estimate of drug-likeness (QED) is 0.555. The number of allylic oxidation sites excluding steroid dienone is 2. The average molecular weight is 328 g/mol. The Kier molecular flexibility index (Phi) is 5.62. The zero-order valence-electron chi connectivity index (χ0n) is 13.0. The summed E-state index contributed by atoms with van der Waals surface area (Å²) in [6.45, 7) is 3.95. The number of carbonyl (C=O) groups excluding carboxylic acids is 3. The largest absolute Gasteiger partial charge is 0.464 e. The van der Waals surface area contributed by atoms with Crippen molar-refractivity contribution in [2.24, 2.45) is 11.8 Å². The molecule has 0 radical (unpaired) electrons. The van der Waals surface area contributed by atoms with Crippen LogP contribution in [0.4, 0.5) is 0 Å². The van der Waals surface area contributed by atoms with Crippen LogP contribution in [0.1, 0.15) is 46.0 Å². The Morgan fingerprint density at radius 2 is 2.05 bits per heavy atom. The number of ether oxygens (including phenoxy) is 1. The Morgan fingerprint density at radius 1 is 1.36 bits per heavy atom. The molecule has 0 spiro atoms. The fourth-order valence-corrected chi connectivity index (χ4v) is 3.40. The van der Waals surface area contributed by atoms with Gasteiger partial charge in [-0.05, 0) is 26.2 Å². The van der Waals surface area contributed by atoms with Crippen LogP contribution in [0, 0.1) is 11.8 Å². The second-order valence-electron chi connectivity index (χ2n) is 5.76. The lowest BCUT2D eigenvalue weighted by Gasteiger charge is -2.24. The van der Waals surface area contributed by atoms with Crippen LogP contribution < -0.4 is 0 Å². The molecule has 6 heteroatoms. The van der Waals surface area contributed by atoms with Crippen molar-refractivity contribution in [3.8, 4) is 0 Å². The Bertz CT molecular complexity index is 502. The van der Waals surface area contributed by atoms with Gasteiger partial charge < -0.3 is 4.74 Å². The molecule has 0 bridgehead atoms. The summed E-state index contributed by atoms with van der Waals surface area (Å²) < 4.78 is 5.06. The van der Waals surface area contributed by atoms with E-state index >= 15 is 0 Å². The van der Waals surface area contributed by atoms with E-state index in [0.717, 1.165) is 17.7 Å². The molecule has 1 heterocycles. The fraction of sp³-hybridized carbons (Fsp3) is 0.688. The zero-order chi connectivity index (χ0) is 16.3. The summed E-state index contributed by atoms with van der Waals surface area (Å²) in [6.07, 6.45) is 4.74. The minimum Gasteiger partial charge on any atom is -0.464 e. The molecule has 1 fully saturated rings. The lowest BCUT2D eigenvalue weighted by molar-refractivity contribution is -0.159. The lowest BCUT2D eigenvalue weighted by Crippen LogP contribution is -2.46. The van der Waals surface area contributed by atoms with Crippen molar-refractivity contribution in [1.29, 1.82) is 0 Å². The van der Waals surface area contributed by atoms with Gasteiger partial charge in [0.25, 0.3) is 0 Å². The van der Waals surface area contributed by atoms with Crippen molar-refractivity contribution in [2.45, 2.75) is 52.0 Å². The molecule has 0 N–H and O–H groups in total. The molecule has 1 aliphatic heterocycles. The Hall–Kier alpha value is -1.36. The standard InChI is InChI=1S/C16H22ClNO4/c1-3-5-6-13(16(21)22-4-2)18-14(19)11-8-7-10(17)9-12(11)15(18)20/h7,11-13H,3-6,8-9H2,1-2H3/t11-,12-,13+/m0/s1. The highest BCUT2D eigenvalue weighted by Crippen LogP contribution is 2.40. The van der Waals surface area contributed by atoms with Crippen molar-refractivity contribution in [2.75, 3.05) is 6.61 Å². The Balaban J connectivity index is 2.22. The van der Waals surface area contributed by atoms with Crippen LogP contribution in [0.3, 0.4) is 0 Å². The van der Waals surface area contributed by atoms with Crippen LogP contribution in [-0.4, -0.2) is 35.3 Å². The van der Waals surface area contributed by atoms with Gasteiger partial charge in [0.1, 0.15) is 6.04 Å². The molecule has 1 aliphatic carbocycles. The first kappa shape index (κ1) is 17.0. The molecular weight excluding hydrogens is 306 g/mol. The molecule has 2 aliphatic rings. The third kappa shape index (κ3) is 3.19. The number of halogens is 1. The van der Waals surface area contributed by atoms with E-state index in [1.807, 2.05) is 6.92 Å². The van der Waals surface area contributed by atoms with Crippen molar-refractivity contribution in [3.05, 3.63) is 11.1 Å². The van der Waals surface area contributed by atoms with Gasteiger partial charge in [0.15, 0.2) is 0 Å². The third-order valence-corrected chi connectivity index (χ3v) is 4.61. The minimum atomic E-state index is -0.802. The number of amides is 2. The topological polar surface area (TPSA) is 63.7 Å². The molecule has 2 amide bonds. The molecule has 0 saturated carbocycles. The van der Waals surface area contributed by atoms with Gasteiger partial charge in [0, 0.05) is 5.03 Å². The molecule has 1 saturated heterocycles.